The summed E-state index contributed by atoms with van der Waals surface area (Å²) in [6, 6.07) is 11.2. The second-order valence-electron chi connectivity index (χ2n) is 3.86. The first-order valence-corrected chi connectivity index (χ1v) is 6.82. The zero-order valence-electron chi connectivity index (χ0n) is 9.38. The fourth-order valence-corrected chi connectivity index (χ4v) is 2.10. The van der Waals surface area contributed by atoms with Crippen LogP contribution in [0.5, 0.6) is 0 Å². The van der Waals surface area contributed by atoms with Crippen LogP contribution in [0, 0.1) is 0 Å². The molecule has 0 spiro atoms. The molecule has 1 nitrogen and oxygen atoms in total. The van der Waals surface area contributed by atoms with E-state index >= 15 is 0 Å². The van der Waals surface area contributed by atoms with Crippen LogP contribution < -0.4 is 5.32 Å². The van der Waals surface area contributed by atoms with Gasteiger partial charge in [0.05, 0.1) is 0 Å². The maximum absolute atomic E-state index is 3.57. The molecule has 1 aromatic rings. The molecule has 84 valence electrons. The molecular weight excluding hydrogens is 250 g/mol. The Bertz CT molecular complexity index is 248. The van der Waals surface area contributed by atoms with E-state index in [4.69, 9.17) is 0 Å². The van der Waals surface area contributed by atoms with E-state index in [1.54, 1.807) is 0 Å². The first-order chi connectivity index (χ1) is 7.36. The average molecular weight is 270 g/mol. The average Bonchev–Trinajstić information content (AvgIpc) is 2.31. The van der Waals surface area contributed by atoms with Gasteiger partial charge in [0.2, 0.25) is 0 Å². The van der Waals surface area contributed by atoms with Crippen LogP contribution in [-0.2, 0) is 6.54 Å². The Morgan fingerprint density at radius 3 is 2.60 bits per heavy atom. The lowest BCUT2D eigenvalue weighted by Gasteiger charge is -2.15. The van der Waals surface area contributed by atoms with E-state index in [0.29, 0.717) is 6.04 Å². The molecule has 0 saturated heterocycles. The summed E-state index contributed by atoms with van der Waals surface area (Å²) in [6.45, 7) is 3.21. The van der Waals surface area contributed by atoms with Crippen molar-refractivity contribution in [3.63, 3.8) is 0 Å². The molecule has 0 aromatic heterocycles. The summed E-state index contributed by atoms with van der Waals surface area (Å²) in [6.07, 6.45) is 3.84. The summed E-state index contributed by atoms with van der Waals surface area (Å²) in [7, 11) is 0. The van der Waals surface area contributed by atoms with Gasteiger partial charge in [-0.05, 0) is 12.0 Å². The zero-order chi connectivity index (χ0) is 10.9. The lowest BCUT2D eigenvalue weighted by Crippen LogP contribution is -2.29. The second-order valence-corrected chi connectivity index (χ2v) is 4.51. The van der Waals surface area contributed by atoms with Crippen LogP contribution in [0.15, 0.2) is 30.3 Å². The largest absolute Gasteiger partial charge is 0.309 e. The van der Waals surface area contributed by atoms with E-state index in [1.807, 2.05) is 0 Å². The van der Waals surface area contributed by atoms with Crippen molar-refractivity contribution in [2.24, 2.45) is 0 Å². The molecule has 0 fully saturated rings. The van der Waals surface area contributed by atoms with Crippen molar-refractivity contribution in [2.75, 3.05) is 5.33 Å². The Hall–Kier alpha value is -0.340. The molecule has 1 atom stereocenters. The number of halogens is 1. The lowest BCUT2D eigenvalue weighted by atomic mass is 10.1. The monoisotopic (exact) mass is 269 g/mol. The van der Waals surface area contributed by atoms with Gasteiger partial charge < -0.3 is 5.32 Å². The first kappa shape index (κ1) is 12.7. The van der Waals surface area contributed by atoms with Crippen molar-refractivity contribution >= 4 is 15.9 Å². The molecule has 0 saturated carbocycles. The molecule has 0 unspecified atom stereocenters. The van der Waals surface area contributed by atoms with Gasteiger partial charge in [0.15, 0.2) is 0 Å². The van der Waals surface area contributed by atoms with E-state index in [-0.39, 0.29) is 0 Å². The molecule has 0 aliphatic heterocycles. The number of rotatable bonds is 7. The van der Waals surface area contributed by atoms with Crippen molar-refractivity contribution in [2.45, 2.75) is 38.8 Å². The van der Waals surface area contributed by atoms with Crippen molar-refractivity contribution in [3.8, 4) is 0 Å². The molecule has 1 rings (SSSR count). The highest BCUT2D eigenvalue weighted by Crippen LogP contribution is 2.05. The van der Waals surface area contributed by atoms with Crippen LogP contribution in [-0.4, -0.2) is 11.4 Å². The minimum atomic E-state index is 0.602. The van der Waals surface area contributed by atoms with Gasteiger partial charge in [0.25, 0.3) is 0 Å². The lowest BCUT2D eigenvalue weighted by molar-refractivity contribution is 0.503. The third kappa shape index (κ3) is 5.33. The molecule has 15 heavy (non-hydrogen) atoms. The molecule has 2 heteroatoms. The fourth-order valence-electron chi connectivity index (χ4n) is 1.54. The van der Waals surface area contributed by atoms with Crippen molar-refractivity contribution in [1.29, 1.82) is 0 Å². The van der Waals surface area contributed by atoms with Crippen LogP contribution in [0.1, 0.15) is 31.7 Å². The van der Waals surface area contributed by atoms with Gasteiger partial charge in [-0.3, -0.25) is 0 Å². The normalized spacial score (nSPS) is 12.7. The predicted molar refractivity (Wildman–Crippen MR) is 70.4 cm³/mol. The fraction of sp³-hybridized carbons (Fsp3) is 0.538. The summed E-state index contributed by atoms with van der Waals surface area (Å²) in [5.74, 6) is 0. The highest BCUT2D eigenvalue weighted by molar-refractivity contribution is 9.09. The minimum absolute atomic E-state index is 0.602. The highest BCUT2D eigenvalue weighted by atomic mass is 79.9. The Morgan fingerprint density at radius 2 is 2.00 bits per heavy atom. The van der Waals surface area contributed by atoms with E-state index in [2.05, 4.69) is 58.5 Å². The summed E-state index contributed by atoms with van der Waals surface area (Å²) in [4.78, 5) is 0. The van der Waals surface area contributed by atoms with E-state index < -0.39 is 0 Å². The van der Waals surface area contributed by atoms with Crippen LogP contribution in [0.3, 0.4) is 0 Å². The summed E-state index contributed by atoms with van der Waals surface area (Å²) in [5, 5.41) is 4.62. The summed E-state index contributed by atoms with van der Waals surface area (Å²) < 4.78 is 0. The minimum Gasteiger partial charge on any atom is -0.309 e. The predicted octanol–water partition coefficient (Wildman–Crippen LogP) is 3.73. The van der Waals surface area contributed by atoms with Crippen molar-refractivity contribution < 1.29 is 0 Å². The number of hydrogen-bond acceptors (Lipinski definition) is 1. The maximum atomic E-state index is 3.57. The molecule has 0 aliphatic rings. The second kappa shape index (κ2) is 7.89. The van der Waals surface area contributed by atoms with Gasteiger partial charge in [-0.1, -0.05) is 66.0 Å². The number of alkyl halides is 1. The van der Waals surface area contributed by atoms with Gasteiger partial charge >= 0.3 is 0 Å². The maximum Gasteiger partial charge on any atom is 0.0208 e. The Balaban J connectivity index is 2.28. The van der Waals surface area contributed by atoms with E-state index in [9.17, 15) is 0 Å². The number of benzene rings is 1. The van der Waals surface area contributed by atoms with Crippen molar-refractivity contribution in [1.82, 2.24) is 5.32 Å². The van der Waals surface area contributed by atoms with Crippen LogP contribution in [0.25, 0.3) is 0 Å². The van der Waals surface area contributed by atoms with E-state index in [1.165, 1.54) is 24.8 Å². The number of unbranched alkanes of at least 4 members (excludes halogenated alkanes) is 1. The number of hydrogen-bond donors (Lipinski definition) is 1. The first-order valence-electron chi connectivity index (χ1n) is 5.70. The molecule has 1 aromatic carbocycles. The molecule has 0 bridgehead atoms. The Kier molecular flexibility index (Phi) is 6.69. The quantitative estimate of drug-likeness (QED) is 0.744. The van der Waals surface area contributed by atoms with Gasteiger partial charge in [-0.15, -0.1) is 0 Å². The van der Waals surface area contributed by atoms with Gasteiger partial charge in [-0.2, -0.15) is 0 Å². The van der Waals surface area contributed by atoms with Crippen LogP contribution in [0.2, 0.25) is 0 Å². The molecule has 0 aliphatic carbocycles. The molecular formula is C13H20BrN. The molecule has 0 heterocycles. The topological polar surface area (TPSA) is 12.0 Å². The standard InChI is InChI=1S/C13H20BrN/c1-2-3-9-13(10-14)15-11-12-7-5-4-6-8-12/h4-8,13,15H,2-3,9-11H2,1H3/t13-/m1/s1. The SMILES string of the molecule is CCCC[C@H](CBr)NCc1ccccc1. The Labute approximate surface area is 101 Å². The molecule has 1 N–H and O–H groups in total. The third-order valence-corrected chi connectivity index (χ3v) is 3.31. The van der Waals surface area contributed by atoms with Gasteiger partial charge in [0.1, 0.15) is 0 Å². The summed E-state index contributed by atoms with van der Waals surface area (Å²) >= 11 is 3.56. The van der Waals surface area contributed by atoms with Crippen LogP contribution >= 0.6 is 15.9 Å². The summed E-state index contributed by atoms with van der Waals surface area (Å²) in [5.41, 5.74) is 1.36. The van der Waals surface area contributed by atoms with Gasteiger partial charge in [0, 0.05) is 17.9 Å². The number of nitrogens with one attached hydrogen (secondary N) is 1. The Morgan fingerprint density at radius 1 is 1.27 bits per heavy atom. The smallest absolute Gasteiger partial charge is 0.0208 e. The van der Waals surface area contributed by atoms with Crippen molar-refractivity contribution in [3.05, 3.63) is 35.9 Å². The molecule has 0 amide bonds. The highest BCUT2D eigenvalue weighted by Gasteiger charge is 2.04. The molecule has 0 radical (unpaired) electrons. The van der Waals surface area contributed by atoms with Gasteiger partial charge in [-0.25, -0.2) is 0 Å². The third-order valence-electron chi connectivity index (χ3n) is 2.53. The zero-order valence-corrected chi connectivity index (χ0v) is 11.0. The van der Waals surface area contributed by atoms with E-state index in [0.717, 1.165) is 11.9 Å². The van der Waals surface area contributed by atoms with Crippen LogP contribution in [0.4, 0.5) is 0 Å².